The lowest BCUT2D eigenvalue weighted by molar-refractivity contribution is -0.137. The van der Waals surface area contributed by atoms with Crippen LogP contribution in [0.2, 0.25) is 0 Å². The van der Waals surface area contributed by atoms with Gasteiger partial charge in [-0.05, 0) is 55.9 Å². The normalized spacial score (nSPS) is 28.8. The number of aliphatic hydroxyl groups is 2. The lowest BCUT2D eigenvalue weighted by Crippen LogP contribution is -2.20. The van der Waals surface area contributed by atoms with Gasteiger partial charge in [0.1, 0.15) is 0 Å². The third-order valence-electron chi connectivity index (χ3n) is 7.18. The number of aliphatic hydroxyl groups excluding tert-OH is 2. The van der Waals surface area contributed by atoms with Gasteiger partial charge in [-0.3, -0.25) is 4.79 Å². The summed E-state index contributed by atoms with van der Waals surface area (Å²) in [6, 6.07) is 10.2. The molecule has 2 fully saturated rings. The van der Waals surface area contributed by atoms with Gasteiger partial charge in [-0.15, -0.1) is 0 Å². The van der Waals surface area contributed by atoms with Crippen molar-refractivity contribution in [3.05, 3.63) is 59.7 Å². The second-order valence-corrected chi connectivity index (χ2v) is 9.40. The van der Waals surface area contributed by atoms with Crippen molar-refractivity contribution in [2.75, 3.05) is 0 Å². The molecule has 1 aromatic rings. The molecule has 0 amide bonds. The van der Waals surface area contributed by atoms with Crippen molar-refractivity contribution in [3.8, 4) is 0 Å². The molecule has 0 saturated heterocycles. The van der Waals surface area contributed by atoms with E-state index < -0.39 is 12.1 Å². The molecule has 1 aromatic carbocycles. The number of fused-ring (bicyclic) bond motifs is 1. The van der Waals surface area contributed by atoms with Crippen LogP contribution >= 0.6 is 0 Å². The Balaban J connectivity index is 1.62. The number of hydrogen-bond donors (Lipinski definition) is 3. The summed E-state index contributed by atoms with van der Waals surface area (Å²) in [5, 5.41) is 30.4. The lowest BCUT2D eigenvalue weighted by Gasteiger charge is -2.23. The first-order valence-electron chi connectivity index (χ1n) is 12.0. The maximum Gasteiger partial charge on any atom is 0.303 e. The first kappa shape index (κ1) is 23.7. The summed E-state index contributed by atoms with van der Waals surface area (Å²) in [6.45, 7) is 2.17. The predicted molar refractivity (Wildman–Crippen MR) is 124 cm³/mol. The number of carbonyl (C=O) groups is 1. The number of benzene rings is 1. The van der Waals surface area contributed by atoms with Gasteiger partial charge in [-0.25, -0.2) is 0 Å². The maximum atomic E-state index is 11.0. The van der Waals surface area contributed by atoms with E-state index in [9.17, 15) is 15.0 Å². The Hall–Kier alpha value is -1.91. The third-order valence-corrected chi connectivity index (χ3v) is 7.18. The van der Waals surface area contributed by atoms with E-state index in [4.69, 9.17) is 5.11 Å². The Bertz CT molecular complexity index is 754. The van der Waals surface area contributed by atoms with Crippen molar-refractivity contribution in [2.45, 2.75) is 82.8 Å². The molecular formula is C27H38O4. The summed E-state index contributed by atoms with van der Waals surface area (Å²) in [6.07, 6.45) is 13.0. The van der Waals surface area contributed by atoms with Crippen molar-refractivity contribution in [2.24, 2.45) is 17.8 Å². The number of allylic oxidation sites excluding steroid dienone is 2. The van der Waals surface area contributed by atoms with Gasteiger partial charge in [0, 0.05) is 18.3 Å². The van der Waals surface area contributed by atoms with Crippen molar-refractivity contribution < 1.29 is 20.1 Å². The second-order valence-electron chi connectivity index (χ2n) is 9.40. The minimum atomic E-state index is -0.735. The first-order valence-corrected chi connectivity index (χ1v) is 12.0. The molecule has 4 nitrogen and oxygen atoms in total. The molecule has 0 aliphatic heterocycles. The van der Waals surface area contributed by atoms with E-state index in [1.165, 1.54) is 11.1 Å². The minimum Gasteiger partial charge on any atom is -0.481 e. The molecule has 0 radical (unpaired) electrons. The number of carboxylic acids is 1. The van der Waals surface area contributed by atoms with E-state index in [1.54, 1.807) is 0 Å². The quantitative estimate of drug-likeness (QED) is 0.324. The van der Waals surface area contributed by atoms with Crippen LogP contribution in [0, 0.1) is 17.8 Å². The molecule has 0 heterocycles. The Morgan fingerprint density at radius 3 is 2.68 bits per heavy atom. The summed E-state index contributed by atoms with van der Waals surface area (Å²) >= 11 is 0. The van der Waals surface area contributed by atoms with Crippen LogP contribution in [0.4, 0.5) is 0 Å². The van der Waals surface area contributed by atoms with Gasteiger partial charge < -0.3 is 15.3 Å². The van der Waals surface area contributed by atoms with Crippen molar-refractivity contribution >= 4 is 5.97 Å². The number of aliphatic carboxylic acids is 1. The lowest BCUT2D eigenvalue weighted by atomic mass is 9.86. The highest BCUT2D eigenvalue weighted by molar-refractivity contribution is 5.66. The van der Waals surface area contributed by atoms with E-state index >= 15 is 0 Å². The third kappa shape index (κ3) is 6.54. The zero-order valence-electron chi connectivity index (χ0n) is 18.7. The number of carboxylic acid groups (broad SMARTS) is 1. The second kappa shape index (κ2) is 11.6. The van der Waals surface area contributed by atoms with Gasteiger partial charge in [0.05, 0.1) is 12.2 Å². The molecule has 3 rings (SSSR count). The predicted octanol–water partition coefficient (Wildman–Crippen LogP) is 5.47. The Labute approximate surface area is 186 Å². The monoisotopic (exact) mass is 426 g/mol. The van der Waals surface area contributed by atoms with Crippen molar-refractivity contribution in [3.63, 3.8) is 0 Å². The summed E-state index contributed by atoms with van der Waals surface area (Å²) < 4.78 is 0. The van der Waals surface area contributed by atoms with Crippen molar-refractivity contribution in [1.29, 1.82) is 0 Å². The van der Waals surface area contributed by atoms with Gasteiger partial charge >= 0.3 is 5.97 Å². The SMILES string of the molecule is CCCCC(c1ccccc1)[C@@H](O)/C=C/[C@@H]1[C@H]2C/C(=C/CCCC(=O)O)C[C@@H]2C[C@H]1O. The molecule has 0 bridgehead atoms. The topological polar surface area (TPSA) is 77.8 Å². The van der Waals surface area contributed by atoms with Crippen LogP contribution in [0.25, 0.3) is 0 Å². The average molecular weight is 427 g/mol. The zero-order chi connectivity index (χ0) is 22.2. The highest BCUT2D eigenvalue weighted by atomic mass is 16.4. The Morgan fingerprint density at radius 2 is 1.97 bits per heavy atom. The summed E-state index contributed by atoms with van der Waals surface area (Å²) in [7, 11) is 0. The van der Waals surface area contributed by atoms with Gasteiger partial charge in [0.25, 0.3) is 0 Å². The highest BCUT2D eigenvalue weighted by Crippen LogP contribution is 2.50. The Kier molecular flexibility index (Phi) is 8.91. The molecule has 31 heavy (non-hydrogen) atoms. The Morgan fingerprint density at radius 1 is 1.19 bits per heavy atom. The minimum absolute atomic E-state index is 0.0833. The van der Waals surface area contributed by atoms with E-state index in [0.717, 1.165) is 44.9 Å². The fourth-order valence-electron chi connectivity index (χ4n) is 5.53. The van der Waals surface area contributed by atoms with Gasteiger partial charge in [0.15, 0.2) is 0 Å². The molecule has 170 valence electrons. The molecule has 2 saturated carbocycles. The number of hydrogen-bond acceptors (Lipinski definition) is 3. The fourth-order valence-corrected chi connectivity index (χ4v) is 5.53. The molecule has 0 spiro atoms. The summed E-state index contributed by atoms with van der Waals surface area (Å²) in [5.41, 5.74) is 2.58. The van der Waals surface area contributed by atoms with E-state index in [2.05, 4.69) is 31.2 Å². The molecular weight excluding hydrogens is 388 g/mol. The van der Waals surface area contributed by atoms with E-state index in [-0.39, 0.29) is 24.4 Å². The molecule has 4 heteroatoms. The van der Waals surface area contributed by atoms with Gasteiger partial charge in [-0.2, -0.15) is 0 Å². The van der Waals surface area contributed by atoms with Crippen LogP contribution in [0.15, 0.2) is 54.1 Å². The fraction of sp³-hybridized carbons (Fsp3) is 0.593. The van der Waals surface area contributed by atoms with E-state index in [0.29, 0.717) is 18.3 Å². The summed E-state index contributed by atoms with van der Waals surface area (Å²) in [5.74, 6) is 0.362. The maximum absolute atomic E-state index is 11.0. The van der Waals surface area contributed by atoms with Crippen LogP contribution in [-0.2, 0) is 4.79 Å². The molecule has 6 atom stereocenters. The van der Waals surface area contributed by atoms with Crippen LogP contribution in [0.5, 0.6) is 0 Å². The smallest absolute Gasteiger partial charge is 0.303 e. The van der Waals surface area contributed by atoms with Gasteiger partial charge in [0.2, 0.25) is 0 Å². The molecule has 3 N–H and O–H groups in total. The molecule has 2 aliphatic rings. The average Bonchev–Trinajstić information content (AvgIpc) is 3.27. The van der Waals surface area contributed by atoms with Crippen LogP contribution < -0.4 is 0 Å². The van der Waals surface area contributed by atoms with Crippen LogP contribution in [0.3, 0.4) is 0 Å². The number of rotatable bonds is 11. The highest BCUT2D eigenvalue weighted by Gasteiger charge is 2.45. The molecule has 2 aliphatic carbocycles. The van der Waals surface area contributed by atoms with Crippen LogP contribution in [0.1, 0.15) is 76.2 Å². The van der Waals surface area contributed by atoms with Crippen LogP contribution in [-0.4, -0.2) is 33.5 Å². The largest absolute Gasteiger partial charge is 0.481 e. The number of unbranched alkanes of at least 4 members (excludes halogenated alkanes) is 2. The van der Waals surface area contributed by atoms with Crippen molar-refractivity contribution in [1.82, 2.24) is 0 Å². The summed E-state index contributed by atoms with van der Waals surface area (Å²) in [4.78, 5) is 10.7. The zero-order valence-corrected chi connectivity index (χ0v) is 18.7. The molecule has 1 unspecified atom stereocenters. The first-order chi connectivity index (χ1) is 15.0. The molecule has 0 aromatic heterocycles. The van der Waals surface area contributed by atoms with Gasteiger partial charge in [-0.1, -0.05) is 73.9 Å². The standard InChI is InChI=1S/C27H38O4/c1-2-3-12-22(20-10-5-4-6-11-20)25(28)15-14-23-24-17-19(9-7-8-13-27(30)31)16-21(24)18-26(23)29/h4-6,9-11,14-15,21-26,28-29H,2-3,7-8,12-13,16-18H2,1H3,(H,30,31)/b15-14+,19-9+/t21-,22?,23-,24+,25+,26-/m1/s1. The van der Waals surface area contributed by atoms with E-state index in [1.807, 2.05) is 24.3 Å².